The second-order valence-corrected chi connectivity index (χ2v) is 9.37. The third-order valence-corrected chi connectivity index (χ3v) is 6.82. The summed E-state index contributed by atoms with van der Waals surface area (Å²) < 4.78 is 16.0. The van der Waals surface area contributed by atoms with Crippen molar-refractivity contribution in [2.45, 2.75) is 32.2 Å². The van der Waals surface area contributed by atoms with E-state index in [0.29, 0.717) is 38.3 Å². The Balaban J connectivity index is 1.34. The van der Waals surface area contributed by atoms with Gasteiger partial charge in [-0.15, -0.1) is 0 Å². The highest BCUT2D eigenvalue weighted by Crippen LogP contribution is 2.37. The van der Waals surface area contributed by atoms with E-state index in [4.69, 9.17) is 14.2 Å². The zero-order valence-corrected chi connectivity index (χ0v) is 21.7. The summed E-state index contributed by atoms with van der Waals surface area (Å²) in [6.07, 6.45) is 3.25. The van der Waals surface area contributed by atoms with Crippen LogP contribution in [-0.2, 0) is 22.5 Å². The summed E-state index contributed by atoms with van der Waals surface area (Å²) in [7, 11) is 0. The third-order valence-electron chi connectivity index (χ3n) is 6.82. The topological polar surface area (TPSA) is 133 Å². The number of anilines is 1. The molecule has 204 valence electrons. The van der Waals surface area contributed by atoms with Crippen LogP contribution in [-0.4, -0.2) is 70.3 Å². The number of carbonyl (C=O) groups is 1. The number of hydrogen-bond acceptors (Lipinski definition) is 11. The van der Waals surface area contributed by atoms with Crippen molar-refractivity contribution in [1.82, 2.24) is 19.9 Å². The molecule has 1 unspecified atom stereocenters. The Morgan fingerprint density at radius 3 is 2.67 bits per heavy atom. The lowest BCUT2D eigenvalue weighted by atomic mass is 9.93. The van der Waals surface area contributed by atoms with E-state index in [2.05, 4.69) is 19.9 Å². The zero-order chi connectivity index (χ0) is 27.2. The molecule has 0 saturated carbocycles. The lowest BCUT2D eigenvalue weighted by Gasteiger charge is -2.35. The first-order valence-corrected chi connectivity index (χ1v) is 12.9. The highest BCUT2D eigenvalue weighted by molar-refractivity contribution is 5.71. The number of hydrogen-bond donors (Lipinski definition) is 0. The first kappa shape index (κ1) is 26.3. The van der Waals surface area contributed by atoms with E-state index in [9.17, 15) is 14.9 Å². The molecule has 12 heteroatoms. The molecule has 2 aliphatic rings. The van der Waals surface area contributed by atoms with Crippen molar-refractivity contribution in [2.75, 3.05) is 44.5 Å². The second kappa shape index (κ2) is 12.0. The van der Waals surface area contributed by atoms with E-state index in [-0.39, 0.29) is 37.0 Å². The number of nitro groups is 1. The molecule has 2 aromatic heterocycles. The van der Waals surface area contributed by atoms with Gasteiger partial charge in [-0.05, 0) is 43.2 Å². The smallest absolute Gasteiger partial charge is 0.333 e. The predicted molar refractivity (Wildman–Crippen MR) is 141 cm³/mol. The van der Waals surface area contributed by atoms with Crippen LogP contribution < -0.4 is 14.4 Å². The SMILES string of the molecule is CCOC(=O)CC(Cc1ccccn1)c1ncnc(N2CCN(Cc3ccc4c(c3)OCO4)CC2)c1[N+](=O)[O-]. The van der Waals surface area contributed by atoms with E-state index in [1.165, 1.54) is 6.33 Å². The van der Waals surface area contributed by atoms with Crippen LogP contribution in [0.2, 0.25) is 0 Å². The number of nitrogens with zero attached hydrogens (tertiary/aromatic N) is 6. The van der Waals surface area contributed by atoms with E-state index in [0.717, 1.165) is 23.6 Å². The normalized spacial score (nSPS) is 15.7. The fourth-order valence-corrected chi connectivity index (χ4v) is 4.96. The van der Waals surface area contributed by atoms with E-state index in [1.807, 2.05) is 35.2 Å². The number of pyridine rings is 1. The van der Waals surface area contributed by atoms with Gasteiger partial charge < -0.3 is 19.1 Å². The summed E-state index contributed by atoms with van der Waals surface area (Å²) >= 11 is 0. The number of aromatic nitrogens is 3. The molecule has 1 fully saturated rings. The number of rotatable bonds is 10. The first-order valence-electron chi connectivity index (χ1n) is 12.9. The van der Waals surface area contributed by atoms with Gasteiger partial charge in [-0.1, -0.05) is 12.1 Å². The van der Waals surface area contributed by atoms with Crippen LogP contribution in [0, 0.1) is 10.1 Å². The molecule has 2 aliphatic heterocycles. The van der Waals surface area contributed by atoms with Gasteiger partial charge in [0.05, 0.1) is 18.0 Å². The van der Waals surface area contributed by atoms with Gasteiger partial charge in [-0.3, -0.25) is 24.8 Å². The summed E-state index contributed by atoms with van der Waals surface area (Å²) in [5.41, 5.74) is 1.86. The highest BCUT2D eigenvalue weighted by Gasteiger charge is 2.34. The molecule has 0 aliphatic carbocycles. The first-order chi connectivity index (χ1) is 19.0. The van der Waals surface area contributed by atoms with Gasteiger partial charge >= 0.3 is 11.7 Å². The van der Waals surface area contributed by atoms with Gasteiger partial charge in [-0.2, -0.15) is 0 Å². The van der Waals surface area contributed by atoms with Gasteiger partial charge in [0.15, 0.2) is 11.5 Å². The summed E-state index contributed by atoms with van der Waals surface area (Å²) in [6, 6.07) is 11.4. The van der Waals surface area contributed by atoms with Crippen LogP contribution in [0.15, 0.2) is 48.9 Å². The molecular weight excluding hydrogens is 504 g/mol. The van der Waals surface area contributed by atoms with Crippen LogP contribution in [0.1, 0.15) is 36.2 Å². The molecule has 0 amide bonds. The number of fused-ring (bicyclic) bond motifs is 1. The number of benzene rings is 1. The number of esters is 1. The fraction of sp³-hybridized carbons (Fsp3) is 0.407. The minimum atomic E-state index is -0.589. The summed E-state index contributed by atoms with van der Waals surface area (Å²) in [5, 5.41) is 12.4. The van der Waals surface area contributed by atoms with Crippen molar-refractivity contribution in [3.05, 3.63) is 76.0 Å². The number of piperazine rings is 1. The quantitative estimate of drug-likeness (QED) is 0.216. The third kappa shape index (κ3) is 6.23. The Labute approximate surface area is 225 Å². The highest BCUT2D eigenvalue weighted by atomic mass is 16.7. The van der Waals surface area contributed by atoms with Crippen LogP contribution in [0.5, 0.6) is 11.5 Å². The van der Waals surface area contributed by atoms with E-state index in [1.54, 1.807) is 19.2 Å². The Kier molecular flexibility index (Phi) is 8.11. The van der Waals surface area contributed by atoms with Gasteiger partial charge in [0.2, 0.25) is 12.6 Å². The minimum Gasteiger partial charge on any atom is -0.466 e. The molecule has 1 atom stereocenters. The van der Waals surface area contributed by atoms with Crippen molar-refractivity contribution in [2.24, 2.45) is 0 Å². The molecule has 0 bridgehead atoms. The van der Waals surface area contributed by atoms with E-state index < -0.39 is 16.8 Å². The maximum absolute atomic E-state index is 12.4. The molecule has 1 saturated heterocycles. The zero-order valence-electron chi connectivity index (χ0n) is 21.7. The Hall–Kier alpha value is -4.32. The Bertz CT molecular complexity index is 1320. The number of carbonyl (C=O) groups excluding carboxylic acids is 1. The second-order valence-electron chi connectivity index (χ2n) is 9.37. The molecule has 4 heterocycles. The molecular formula is C27H30N6O6. The summed E-state index contributed by atoms with van der Waals surface area (Å²) in [6.45, 7) is 5.43. The van der Waals surface area contributed by atoms with Crippen LogP contribution >= 0.6 is 0 Å². The van der Waals surface area contributed by atoms with Gasteiger partial charge in [0, 0.05) is 50.5 Å². The average molecular weight is 535 g/mol. The van der Waals surface area contributed by atoms with Crippen molar-refractivity contribution in [3.8, 4) is 11.5 Å². The lowest BCUT2D eigenvalue weighted by Crippen LogP contribution is -2.46. The van der Waals surface area contributed by atoms with Crippen molar-refractivity contribution < 1.29 is 23.9 Å². The predicted octanol–water partition coefficient (Wildman–Crippen LogP) is 3.11. The largest absolute Gasteiger partial charge is 0.466 e. The number of ether oxygens (including phenoxy) is 3. The monoisotopic (exact) mass is 534 g/mol. The maximum Gasteiger partial charge on any atom is 0.333 e. The molecule has 0 N–H and O–H groups in total. The minimum absolute atomic E-state index is 0.0506. The molecule has 0 spiro atoms. The maximum atomic E-state index is 12.4. The van der Waals surface area contributed by atoms with Crippen LogP contribution in [0.3, 0.4) is 0 Å². The van der Waals surface area contributed by atoms with Crippen LogP contribution in [0.4, 0.5) is 11.5 Å². The van der Waals surface area contributed by atoms with Crippen LogP contribution in [0.25, 0.3) is 0 Å². The van der Waals surface area contributed by atoms with Crippen molar-refractivity contribution >= 4 is 17.5 Å². The fourth-order valence-electron chi connectivity index (χ4n) is 4.96. The molecule has 0 radical (unpaired) electrons. The molecule has 5 rings (SSSR count). The Morgan fingerprint density at radius 1 is 1.10 bits per heavy atom. The van der Waals surface area contributed by atoms with Gasteiger partial charge in [0.25, 0.3) is 0 Å². The van der Waals surface area contributed by atoms with Crippen molar-refractivity contribution in [3.63, 3.8) is 0 Å². The standard InChI is InChI=1S/C27H30N6O6/c1-2-37-24(34)15-20(14-21-5-3-4-8-28-21)25-26(33(35)36)27(30-17-29-25)32-11-9-31(10-12-32)16-19-6-7-22-23(13-19)39-18-38-22/h3-8,13,17,20H,2,9-12,14-16,18H2,1H3. The lowest BCUT2D eigenvalue weighted by molar-refractivity contribution is -0.385. The van der Waals surface area contributed by atoms with E-state index >= 15 is 0 Å². The Morgan fingerprint density at radius 2 is 1.92 bits per heavy atom. The molecule has 39 heavy (non-hydrogen) atoms. The molecule has 12 nitrogen and oxygen atoms in total. The van der Waals surface area contributed by atoms with Gasteiger partial charge in [-0.25, -0.2) is 9.97 Å². The molecule has 3 aromatic rings. The van der Waals surface area contributed by atoms with Crippen molar-refractivity contribution in [1.29, 1.82) is 0 Å². The molecule has 1 aromatic carbocycles. The average Bonchev–Trinajstić information content (AvgIpc) is 3.41. The summed E-state index contributed by atoms with van der Waals surface area (Å²) in [4.78, 5) is 41.6. The summed E-state index contributed by atoms with van der Waals surface area (Å²) in [5.74, 6) is 0.735. The van der Waals surface area contributed by atoms with Gasteiger partial charge in [0.1, 0.15) is 12.0 Å².